The van der Waals surface area contributed by atoms with Crippen LogP contribution in [-0.4, -0.2) is 25.1 Å². The van der Waals surface area contributed by atoms with E-state index in [-0.39, 0.29) is 0 Å². The van der Waals surface area contributed by atoms with Crippen molar-refractivity contribution in [2.24, 2.45) is 5.92 Å². The maximum atomic E-state index is 4.81. The third kappa shape index (κ3) is 3.72. The van der Waals surface area contributed by atoms with Gasteiger partial charge in [0.2, 0.25) is 0 Å². The van der Waals surface area contributed by atoms with Crippen molar-refractivity contribution in [1.82, 2.24) is 10.3 Å². The molecule has 3 nitrogen and oxygen atoms in total. The van der Waals surface area contributed by atoms with Crippen LogP contribution in [0.15, 0.2) is 6.07 Å². The van der Waals surface area contributed by atoms with Gasteiger partial charge in [-0.3, -0.25) is 0 Å². The number of pyridine rings is 1. The molecule has 0 amide bonds. The van der Waals surface area contributed by atoms with Gasteiger partial charge in [0.15, 0.2) is 0 Å². The summed E-state index contributed by atoms with van der Waals surface area (Å²) in [6.45, 7) is 9.51. The van der Waals surface area contributed by atoms with Gasteiger partial charge in [-0.05, 0) is 50.8 Å². The van der Waals surface area contributed by atoms with Crippen LogP contribution in [0.25, 0.3) is 0 Å². The van der Waals surface area contributed by atoms with Crippen molar-refractivity contribution < 1.29 is 0 Å². The highest BCUT2D eigenvalue weighted by atomic mass is 15.2. The largest absolute Gasteiger partial charge is 0.359 e. The normalized spacial score (nSPS) is 15.8. The summed E-state index contributed by atoms with van der Waals surface area (Å²) in [6.07, 6.45) is 5.58. The molecule has 1 aromatic heterocycles. The van der Waals surface area contributed by atoms with E-state index < -0.39 is 0 Å². The summed E-state index contributed by atoms with van der Waals surface area (Å²) in [4.78, 5) is 7.19. The Morgan fingerprint density at radius 2 is 2.00 bits per heavy atom. The van der Waals surface area contributed by atoms with Crippen LogP contribution < -0.4 is 10.2 Å². The second-order valence-corrected chi connectivity index (χ2v) is 6.19. The van der Waals surface area contributed by atoms with Crippen LogP contribution in [0.3, 0.4) is 0 Å². The molecule has 1 saturated carbocycles. The zero-order chi connectivity index (χ0) is 14.5. The first-order valence-corrected chi connectivity index (χ1v) is 8.00. The van der Waals surface area contributed by atoms with Crippen LogP contribution >= 0.6 is 0 Å². The molecule has 112 valence electrons. The Hall–Kier alpha value is -1.09. The van der Waals surface area contributed by atoms with Crippen molar-refractivity contribution in [2.75, 3.05) is 25.0 Å². The van der Waals surface area contributed by atoms with Crippen molar-refractivity contribution in [3.05, 3.63) is 22.9 Å². The lowest BCUT2D eigenvalue weighted by atomic mass is 10.1. The second-order valence-electron chi connectivity index (χ2n) is 6.19. The Morgan fingerprint density at radius 3 is 2.65 bits per heavy atom. The van der Waals surface area contributed by atoms with Gasteiger partial charge in [0, 0.05) is 31.4 Å². The van der Waals surface area contributed by atoms with E-state index in [4.69, 9.17) is 4.98 Å². The third-order valence-corrected chi connectivity index (χ3v) is 4.37. The van der Waals surface area contributed by atoms with E-state index in [2.05, 4.69) is 44.1 Å². The maximum absolute atomic E-state index is 4.81. The third-order valence-electron chi connectivity index (χ3n) is 4.37. The van der Waals surface area contributed by atoms with Crippen molar-refractivity contribution in [3.63, 3.8) is 0 Å². The number of nitrogens with one attached hydrogen (secondary N) is 1. The highest BCUT2D eigenvalue weighted by Gasteiger charge is 2.19. The van der Waals surface area contributed by atoms with E-state index in [1.54, 1.807) is 0 Å². The monoisotopic (exact) mass is 275 g/mol. The lowest BCUT2D eigenvalue weighted by molar-refractivity contribution is 0.543. The summed E-state index contributed by atoms with van der Waals surface area (Å²) in [5.74, 6) is 2.03. The highest BCUT2D eigenvalue weighted by Crippen LogP contribution is 2.28. The maximum Gasteiger partial charge on any atom is 0.133 e. The molecule has 0 bridgehead atoms. The summed E-state index contributed by atoms with van der Waals surface area (Å²) in [7, 11) is 2.20. The number of anilines is 1. The lowest BCUT2D eigenvalue weighted by Crippen LogP contribution is -2.27. The molecule has 1 aliphatic rings. The summed E-state index contributed by atoms with van der Waals surface area (Å²) in [6, 6.07) is 2.19. The molecule has 0 unspecified atom stereocenters. The molecular weight excluding hydrogens is 246 g/mol. The van der Waals surface area contributed by atoms with E-state index >= 15 is 0 Å². The predicted octanol–water partition coefficient (Wildman–Crippen LogP) is 3.43. The van der Waals surface area contributed by atoms with Crippen molar-refractivity contribution in [3.8, 4) is 0 Å². The minimum atomic E-state index is 0.856. The Kier molecular flexibility index (Phi) is 5.41. The van der Waals surface area contributed by atoms with Gasteiger partial charge in [0.25, 0.3) is 0 Å². The van der Waals surface area contributed by atoms with Crippen LogP contribution in [0, 0.1) is 19.8 Å². The average Bonchev–Trinajstić information content (AvgIpc) is 2.89. The molecule has 1 aliphatic carbocycles. The van der Waals surface area contributed by atoms with Gasteiger partial charge >= 0.3 is 0 Å². The number of aromatic nitrogens is 1. The molecule has 1 heterocycles. The standard InChI is InChI=1S/C17H29N3/c1-5-18-11-16-13(2)10-14(3)19-17(16)20(4)12-15-8-6-7-9-15/h10,15,18H,5-9,11-12H2,1-4H3. The number of aryl methyl sites for hydroxylation is 2. The second kappa shape index (κ2) is 7.07. The number of hydrogen-bond donors (Lipinski definition) is 1. The molecule has 1 N–H and O–H groups in total. The van der Waals surface area contributed by atoms with Crippen LogP contribution in [0.5, 0.6) is 0 Å². The fourth-order valence-corrected chi connectivity index (χ4v) is 3.29. The average molecular weight is 275 g/mol. The fraction of sp³-hybridized carbons (Fsp3) is 0.706. The Labute approximate surface area is 123 Å². The van der Waals surface area contributed by atoms with E-state index in [1.165, 1.54) is 42.6 Å². The van der Waals surface area contributed by atoms with Crippen LogP contribution in [0.4, 0.5) is 5.82 Å². The van der Waals surface area contributed by atoms with Gasteiger partial charge in [-0.1, -0.05) is 19.8 Å². The predicted molar refractivity (Wildman–Crippen MR) is 86.3 cm³/mol. The SMILES string of the molecule is CCNCc1c(C)cc(C)nc1N(C)CC1CCCC1. The Balaban J connectivity index is 2.18. The fourth-order valence-electron chi connectivity index (χ4n) is 3.29. The molecule has 0 aromatic carbocycles. The van der Waals surface area contributed by atoms with E-state index in [1.807, 2.05) is 0 Å². The van der Waals surface area contributed by atoms with Crippen molar-refractivity contribution in [1.29, 1.82) is 0 Å². The molecule has 0 radical (unpaired) electrons. The molecule has 20 heavy (non-hydrogen) atoms. The van der Waals surface area contributed by atoms with E-state index in [0.717, 1.165) is 31.2 Å². The van der Waals surface area contributed by atoms with Gasteiger partial charge in [0.05, 0.1) is 0 Å². The lowest BCUT2D eigenvalue weighted by Gasteiger charge is -2.26. The van der Waals surface area contributed by atoms with Gasteiger partial charge in [-0.2, -0.15) is 0 Å². The molecule has 1 fully saturated rings. The van der Waals surface area contributed by atoms with Gasteiger partial charge in [0.1, 0.15) is 5.82 Å². The summed E-state index contributed by atoms with van der Waals surface area (Å²) in [5.41, 5.74) is 3.83. The number of nitrogens with zero attached hydrogens (tertiary/aromatic N) is 2. The zero-order valence-electron chi connectivity index (χ0n) is 13.5. The molecule has 1 aromatic rings. The molecule has 0 saturated heterocycles. The number of hydrogen-bond acceptors (Lipinski definition) is 3. The van der Waals surface area contributed by atoms with Crippen molar-refractivity contribution >= 4 is 5.82 Å². The zero-order valence-corrected chi connectivity index (χ0v) is 13.5. The van der Waals surface area contributed by atoms with Crippen LogP contribution in [-0.2, 0) is 6.54 Å². The molecule has 3 heteroatoms. The highest BCUT2D eigenvalue weighted by molar-refractivity contribution is 5.51. The minimum Gasteiger partial charge on any atom is -0.359 e. The van der Waals surface area contributed by atoms with Gasteiger partial charge in [-0.25, -0.2) is 4.98 Å². The van der Waals surface area contributed by atoms with E-state index in [0.29, 0.717) is 0 Å². The van der Waals surface area contributed by atoms with Crippen LogP contribution in [0.1, 0.15) is 49.4 Å². The first-order chi connectivity index (χ1) is 9.61. The molecule has 2 rings (SSSR count). The molecule has 0 atom stereocenters. The Bertz CT molecular complexity index is 436. The van der Waals surface area contributed by atoms with E-state index in [9.17, 15) is 0 Å². The molecule has 0 aliphatic heterocycles. The summed E-state index contributed by atoms with van der Waals surface area (Å²) in [5, 5.41) is 3.45. The van der Waals surface area contributed by atoms with Gasteiger partial charge < -0.3 is 10.2 Å². The minimum absolute atomic E-state index is 0.856. The van der Waals surface area contributed by atoms with Gasteiger partial charge in [-0.15, -0.1) is 0 Å². The number of rotatable bonds is 6. The quantitative estimate of drug-likeness (QED) is 0.862. The first kappa shape index (κ1) is 15.3. The molecule has 0 spiro atoms. The first-order valence-electron chi connectivity index (χ1n) is 8.00. The topological polar surface area (TPSA) is 28.2 Å². The van der Waals surface area contributed by atoms with Crippen LogP contribution in [0.2, 0.25) is 0 Å². The Morgan fingerprint density at radius 1 is 1.30 bits per heavy atom. The smallest absolute Gasteiger partial charge is 0.133 e. The molecular formula is C17H29N3. The summed E-state index contributed by atoms with van der Waals surface area (Å²) < 4.78 is 0. The summed E-state index contributed by atoms with van der Waals surface area (Å²) >= 11 is 0. The van der Waals surface area contributed by atoms with Crippen molar-refractivity contribution in [2.45, 2.75) is 53.0 Å².